The zero-order valence-electron chi connectivity index (χ0n) is 11.9. The topological polar surface area (TPSA) is 60.9 Å². The van der Waals surface area contributed by atoms with Gasteiger partial charge in [-0.2, -0.15) is 17.0 Å². The number of β-amino-alcohol motifs (C(OH)–C–C–N with tert-alkyl or cyclic N) is 1. The van der Waals surface area contributed by atoms with Crippen LogP contribution in [0.3, 0.4) is 0 Å². The number of hydrogen-bond acceptors (Lipinski definition) is 3. The second-order valence-corrected chi connectivity index (χ2v) is 8.43. The van der Waals surface area contributed by atoms with E-state index in [1.807, 2.05) is 18.2 Å². The van der Waals surface area contributed by atoms with Crippen molar-refractivity contribution in [2.75, 3.05) is 19.6 Å². The lowest BCUT2D eigenvalue weighted by atomic mass is 9.91. The van der Waals surface area contributed by atoms with Crippen molar-refractivity contribution in [1.82, 2.24) is 8.61 Å². The molecule has 21 heavy (non-hydrogen) atoms. The highest BCUT2D eigenvalue weighted by Gasteiger charge is 2.56. The molecule has 0 spiro atoms. The SMILES string of the molecule is O=S(=O)(N1CCc2ccccc2C1)N1CC(O)(C2CC2)C1. The summed E-state index contributed by atoms with van der Waals surface area (Å²) in [5.74, 6) is 0.311. The van der Waals surface area contributed by atoms with E-state index in [9.17, 15) is 13.5 Å². The molecule has 0 atom stereocenters. The first kappa shape index (κ1) is 13.7. The van der Waals surface area contributed by atoms with E-state index in [4.69, 9.17) is 0 Å². The van der Waals surface area contributed by atoms with E-state index in [1.165, 1.54) is 9.87 Å². The average molecular weight is 308 g/mol. The Morgan fingerprint density at radius 3 is 2.43 bits per heavy atom. The van der Waals surface area contributed by atoms with Crippen LogP contribution in [-0.2, 0) is 23.2 Å². The molecular formula is C15H20N2O3S. The minimum Gasteiger partial charge on any atom is -0.387 e. The molecule has 1 aromatic rings. The molecule has 1 aromatic carbocycles. The molecule has 1 aliphatic carbocycles. The highest BCUT2D eigenvalue weighted by Crippen LogP contribution is 2.45. The lowest BCUT2D eigenvalue weighted by Gasteiger charge is -2.47. The number of aliphatic hydroxyl groups is 1. The van der Waals surface area contributed by atoms with Crippen LogP contribution in [0.15, 0.2) is 24.3 Å². The molecule has 2 aliphatic heterocycles. The number of hydrogen-bond donors (Lipinski definition) is 1. The van der Waals surface area contributed by atoms with Crippen molar-refractivity contribution in [2.45, 2.75) is 31.4 Å². The molecule has 0 aromatic heterocycles. The summed E-state index contributed by atoms with van der Waals surface area (Å²) in [4.78, 5) is 0. The summed E-state index contributed by atoms with van der Waals surface area (Å²) in [6.45, 7) is 1.49. The van der Waals surface area contributed by atoms with Crippen molar-refractivity contribution in [1.29, 1.82) is 0 Å². The maximum Gasteiger partial charge on any atom is 0.282 e. The van der Waals surface area contributed by atoms with E-state index in [0.717, 1.165) is 24.8 Å². The summed E-state index contributed by atoms with van der Waals surface area (Å²) >= 11 is 0. The Morgan fingerprint density at radius 1 is 1.10 bits per heavy atom. The maximum absolute atomic E-state index is 12.6. The smallest absolute Gasteiger partial charge is 0.282 e. The minimum atomic E-state index is -3.44. The fourth-order valence-electron chi connectivity index (χ4n) is 3.44. The normalized spacial score (nSPS) is 26.1. The Kier molecular flexibility index (Phi) is 2.95. The van der Waals surface area contributed by atoms with E-state index in [0.29, 0.717) is 19.0 Å². The van der Waals surface area contributed by atoms with Crippen LogP contribution in [0.25, 0.3) is 0 Å². The van der Waals surface area contributed by atoms with Gasteiger partial charge in [0.25, 0.3) is 10.2 Å². The molecule has 0 bridgehead atoms. The standard InChI is InChI=1S/C15H20N2O3S/c18-15(14-5-6-14)10-17(11-15)21(19,20)16-8-7-12-3-1-2-4-13(12)9-16/h1-4,14,18H,5-11H2. The molecule has 0 amide bonds. The zero-order chi connectivity index (χ0) is 14.7. The predicted octanol–water partition coefficient (Wildman–Crippen LogP) is 0.746. The predicted molar refractivity (Wildman–Crippen MR) is 78.7 cm³/mol. The lowest BCUT2D eigenvalue weighted by Crippen LogP contribution is -2.66. The third-order valence-corrected chi connectivity index (χ3v) is 6.86. The van der Waals surface area contributed by atoms with Gasteiger partial charge in [-0.3, -0.25) is 0 Å². The van der Waals surface area contributed by atoms with Crippen molar-refractivity contribution < 1.29 is 13.5 Å². The van der Waals surface area contributed by atoms with E-state index >= 15 is 0 Å². The number of benzene rings is 1. The lowest BCUT2D eigenvalue weighted by molar-refractivity contribution is -0.0786. The number of fused-ring (bicyclic) bond motifs is 1. The van der Waals surface area contributed by atoms with Gasteiger partial charge in [-0.1, -0.05) is 24.3 Å². The average Bonchev–Trinajstić information content (AvgIpc) is 3.28. The van der Waals surface area contributed by atoms with Crippen LogP contribution >= 0.6 is 0 Å². The van der Waals surface area contributed by atoms with Gasteiger partial charge in [0.2, 0.25) is 0 Å². The second kappa shape index (κ2) is 4.52. The monoisotopic (exact) mass is 308 g/mol. The van der Waals surface area contributed by atoms with Crippen molar-refractivity contribution in [3.05, 3.63) is 35.4 Å². The molecule has 0 radical (unpaired) electrons. The van der Waals surface area contributed by atoms with Gasteiger partial charge in [0.05, 0.1) is 5.60 Å². The van der Waals surface area contributed by atoms with E-state index in [2.05, 4.69) is 6.07 Å². The van der Waals surface area contributed by atoms with Crippen molar-refractivity contribution >= 4 is 10.2 Å². The summed E-state index contributed by atoms with van der Waals surface area (Å²) in [5, 5.41) is 10.3. The van der Waals surface area contributed by atoms with Gasteiger partial charge in [-0.15, -0.1) is 0 Å². The van der Waals surface area contributed by atoms with E-state index in [1.54, 1.807) is 4.31 Å². The summed E-state index contributed by atoms with van der Waals surface area (Å²) in [6, 6.07) is 8.00. The third-order valence-electron chi connectivity index (χ3n) is 4.99. The van der Waals surface area contributed by atoms with Crippen LogP contribution in [0.2, 0.25) is 0 Å². The molecule has 4 rings (SSSR count). The molecule has 0 unspecified atom stereocenters. The highest BCUT2D eigenvalue weighted by molar-refractivity contribution is 7.86. The fourth-order valence-corrected chi connectivity index (χ4v) is 5.16. The van der Waals surface area contributed by atoms with Gasteiger partial charge >= 0.3 is 0 Å². The van der Waals surface area contributed by atoms with Gasteiger partial charge in [0.15, 0.2) is 0 Å². The van der Waals surface area contributed by atoms with Crippen LogP contribution in [0.4, 0.5) is 0 Å². The Hall–Kier alpha value is -0.950. The summed E-state index contributed by atoms with van der Waals surface area (Å²) in [6.07, 6.45) is 2.82. The van der Waals surface area contributed by atoms with Crippen LogP contribution < -0.4 is 0 Å². The van der Waals surface area contributed by atoms with Crippen LogP contribution in [-0.4, -0.2) is 47.4 Å². The third kappa shape index (κ3) is 2.21. The van der Waals surface area contributed by atoms with Gasteiger partial charge in [-0.25, -0.2) is 0 Å². The van der Waals surface area contributed by atoms with Crippen LogP contribution in [0.1, 0.15) is 24.0 Å². The van der Waals surface area contributed by atoms with Crippen molar-refractivity contribution in [3.8, 4) is 0 Å². The molecule has 1 N–H and O–H groups in total. The fraction of sp³-hybridized carbons (Fsp3) is 0.600. The largest absolute Gasteiger partial charge is 0.387 e. The summed E-state index contributed by atoms with van der Waals surface area (Å²) in [7, 11) is -3.44. The number of rotatable bonds is 3. The Morgan fingerprint density at radius 2 is 1.76 bits per heavy atom. The molecule has 2 heterocycles. The van der Waals surface area contributed by atoms with Gasteiger partial charge in [0.1, 0.15) is 0 Å². The van der Waals surface area contributed by atoms with Gasteiger partial charge in [0, 0.05) is 26.2 Å². The van der Waals surface area contributed by atoms with Crippen molar-refractivity contribution in [3.63, 3.8) is 0 Å². The van der Waals surface area contributed by atoms with Gasteiger partial charge < -0.3 is 5.11 Å². The molecule has 5 nitrogen and oxygen atoms in total. The van der Waals surface area contributed by atoms with Gasteiger partial charge in [-0.05, 0) is 36.3 Å². The highest BCUT2D eigenvalue weighted by atomic mass is 32.2. The molecular weight excluding hydrogens is 288 g/mol. The van der Waals surface area contributed by atoms with Crippen LogP contribution in [0, 0.1) is 5.92 Å². The first-order chi connectivity index (χ1) is 9.99. The first-order valence-electron chi connectivity index (χ1n) is 7.53. The van der Waals surface area contributed by atoms with E-state index in [-0.39, 0.29) is 13.1 Å². The van der Waals surface area contributed by atoms with Crippen LogP contribution in [0.5, 0.6) is 0 Å². The zero-order valence-corrected chi connectivity index (χ0v) is 12.7. The Balaban J connectivity index is 1.49. The number of nitrogens with zero attached hydrogens (tertiary/aromatic N) is 2. The molecule has 1 saturated carbocycles. The Labute approximate surface area is 125 Å². The molecule has 114 valence electrons. The first-order valence-corrected chi connectivity index (χ1v) is 8.93. The molecule has 1 saturated heterocycles. The van der Waals surface area contributed by atoms with Crippen molar-refractivity contribution in [2.24, 2.45) is 5.92 Å². The maximum atomic E-state index is 12.6. The molecule has 2 fully saturated rings. The quantitative estimate of drug-likeness (QED) is 0.896. The Bertz CT molecular complexity index is 663. The summed E-state index contributed by atoms with van der Waals surface area (Å²) < 4.78 is 28.3. The molecule has 3 aliphatic rings. The molecule has 6 heteroatoms. The van der Waals surface area contributed by atoms with E-state index < -0.39 is 15.8 Å². The summed E-state index contributed by atoms with van der Waals surface area (Å²) in [5.41, 5.74) is 1.56. The minimum absolute atomic E-state index is 0.262. The second-order valence-electron chi connectivity index (χ2n) is 6.51.